The first-order valence-electron chi connectivity index (χ1n) is 15.4. The fraction of sp³-hybridized carbons (Fsp3) is 0.500. The van der Waals surface area contributed by atoms with Gasteiger partial charge >= 0.3 is 0 Å². The van der Waals surface area contributed by atoms with E-state index in [1.807, 2.05) is 0 Å². The van der Waals surface area contributed by atoms with Crippen molar-refractivity contribution in [2.24, 2.45) is 22.2 Å². The molecule has 1 aromatic carbocycles. The van der Waals surface area contributed by atoms with Crippen LogP contribution in [0.1, 0.15) is 115 Å². The minimum atomic E-state index is -0.131. The first-order valence-corrected chi connectivity index (χ1v) is 15.4. The second-order valence-electron chi connectivity index (χ2n) is 14.7. The number of allylic oxidation sites excluding steroid dienone is 8. The van der Waals surface area contributed by atoms with Crippen LogP contribution in [0, 0.1) is 29.1 Å². The molecule has 0 radical (unpaired) electrons. The molecular formula is C40H54. The van der Waals surface area contributed by atoms with E-state index in [0.717, 1.165) is 44.1 Å². The molecule has 0 saturated heterocycles. The molecule has 0 N–H and O–H groups in total. The monoisotopic (exact) mass is 534 g/mol. The van der Waals surface area contributed by atoms with E-state index in [1.165, 1.54) is 66.8 Å². The number of fused-ring (bicyclic) bond motifs is 3. The minimum Gasteiger partial charge on any atom is -0.0995 e. The van der Waals surface area contributed by atoms with E-state index in [4.69, 9.17) is 13.2 Å². The molecule has 1 fully saturated rings. The van der Waals surface area contributed by atoms with Gasteiger partial charge < -0.3 is 0 Å². The maximum absolute atomic E-state index is 4.91. The van der Waals surface area contributed by atoms with Gasteiger partial charge in [0.2, 0.25) is 0 Å². The molecule has 0 heterocycles. The van der Waals surface area contributed by atoms with E-state index in [2.05, 4.69) is 94.7 Å². The average Bonchev–Trinajstić information content (AvgIpc) is 2.82. The van der Waals surface area contributed by atoms with Crippen LogP contribution in [0.15, 0.2) is 84.6 Å². The summed E-state index contributed by atoms with van der Waals surface area (Å²) in [5.41, 5.74) is 17.5. The predicted octanol–water partition coefficient (Wildman–Crippen LogP) is 11.6. The molecular weight excluding hydrogens is 480 g/mol. The summed E-state index contributed by atoms with van der Waals surface area (Å²) in [7, 11) is 0. The molecule has 3 aliphatic rings. The normalized spacial score (nSPS) is 29.8. The third-order valence-electron chi connectivity index (χ3n) is 11.3. The second-order valence-corrected chi connectivity index (χ2v) is 14.7. The van der Waals surface area contributed by atoms with E-state index in [1.54, 1.807) is 0 Å². The van der Waals surface area contributed by atoms with E-state index < -0.39 is 0 Å². The highest BCUT2D eigenvalue weighted by molar-refractivity contribution is 5.87. The van der Waals surface area contributed by atoms with Crippen LogP contribution in [0.4, 0.5) is 0 Å². The van der Waals surface area contributed by atoms with Crippen molar-refractivity contribution in [3.05, 3.63) is 112 Å². The van der Waals surface area contributed by atoms with Gasteiger partial charge in [0, 0.05) is 11.3 Å². The van der Waals surface area contributed by atoms with Crippen LogP contribution in [0.5, 0.6) is 0 Å². The molecule has 4 rings (SSSR count). The molecule has 1 unspecified atom stereocenters. The largest absolute Gasteiger partial charge is 0.0995 e. The van der Waals surface area contributed by atoms with Crippen molar-refractivity contribution in [3.63, 3.8) is 0 Å². The molecule has 0 nitrogen and oxygen atoms in total. The summed E-state index contributed by atoms with van der Waals surface area (Å²) in [6, 6.07) is 2.49. The number of hydrogen-bond acceptors (Lipinski definition) is 0. The summed E-state index contributed by atoms with van der Waals surface area (Å²) in [6.45, 7) is 48.5. The topological polar surface area (TPSA) is 0 Å². The van der Waals surface area contributed by atoms with Crippen LogP contribution < -0.4 is 0 Å². The maximum atomic E-state index is 4.91. The van der Waals surface area contributed by atoms with Crippen molar-refractivity contribution < 1.29 is 0 Å². The molecule has 1 saturated carbocycles. The van der Waals surface area contributed by atoms with Crippen LogP contribution in [-0.2, 0) is 12.8 Å². The highest BCUT2D eigenvalue weighted by Crippen LogP contribution is 2.71. The Kier molecular flexibility index (Phi) is 7.62. The predicted molar refractivity (Wildman–Crippen MR) is 178 cm³/mol. The fourth-order valence-electron chi connectivity index (χ4n) is 9.21. The lowest BCUT2D eigenvalue weighted by molar-refractivity contribution is 0.0393. The molecule has 0 spiro atoms. The van der Waals surface area contributed by atoms with Crippen LogP contribution in [0.3, 0.4) is 0 Å². The minimum absolute atomic E-state index is 0.0269. The summed E-state index contributed by atoms with van der Waals surface area (Å²) < 4.78 is 0. The third-order valence-corrected chi connectivity index (χ3v) is 11.3. The number of rotatable bonds is 7. The van der Waals surface area contributed by atoms with Gasteiger partial charge in [0.25, 0.3) is 0 Å². The number of benzene rings is 1. The molecule has 40 heavy (non-hydrogen) atoms. The van der Waals surface area contributed by atoms with Crippen LogP contribution in [0.2, 0.25) is 0 Å². The molecule has 0 heteroatoms. The second kappa shape index (κ2) is 10.0. The van der Waals surface area contributed by atoms with Gasteiger partial charge in [0.1, 0.15) is 0 Å². The Balaban J connectivity index is 1.94. The summed E-state index contributed by atoms with van der Waals surface area (Å²) >= 11 is 0. The van der Waals surface area contributed by atoms with Gasteiger partial charge in [-0.15, -0.1) is 0 Å². The Morgan fingerprint density at radius 3 is 2.17 bits per heavy atom. The fourth-order valence-corrected chi connectivity index (χ4v) is 9.21. The zero-order chi connectivity index (χ0) is 30.1. The Labute approximate surface area is 246 Å². The van der Waals surface area contributed by atoms with Gasteiger partial charge in [0.05, 0.1) is 0 Å². The molecule has 0 aliphatic heterocycles. The quantitative estimate of drug-likeness (QED) is 0.305. The van der Waals surface area contributed by atoms with Crippen LogP contribution in [-0.4, -0.2) is 0 Å². The van der Waals surface area contributed by atoms with Gasteiger partial charge in [0.15, 0.2) is 0 Å². The van der Waals surface area contributed by atoms with Gasteiger partial charge in [-0.3, -0.25) is 0 Å². The van der Waals surface area contributed by atoms with Crippen molar-refractivity contribution in [1.82, 2.24) is 0 Å². The van der Waals surface area contributed by atoms with Gasteiger partial charge in [-0.05, 0) is 115 Å². The van der Waals surface area contributed by atoms with Crippen molar-refractivity contribution in [1.29, 1.82) is 0 Å². The summed E-state index contributed by atoms with van der Waals surface area (Å²) in [5, 5.41) is 0. The summed E-state index contributed by atoms with van der Waals surface area (Å²) in [5.74, 6) is 0.622. The smallest absolute Gasteiger partial charge is 0.0215 e. The highest BCUT2D eigenvalue weighted by Gasteiger charge is 2.61. The van der Waals surface area contributed by atoms with E-state index >= 15 is 0 Å². The van der Waals surface area contributed by atoms with Crippen molar-refractivity contribution in [2.45, 2.75) is 107 Å². The third kappa shape index (κ3) is 4.33. The van der Waals surface area contributed by atoms with Gasteiger partial charge in [-0.2, -0.15) is 0 Å². The zero-order valence-corrected chi connectivity index (χ0v) is 27.2. The van der Waals surface area contributed by atoms with E-state index in [-0.39, 0.29) is 22.2 Å². The van der Waals surface area contributed by atoms with Gasteiger partial charge in [-0.1, -0.05) is 121 Å². The molecule has 0 bridgehead atoms. The molecule has 3 aliphatic carbocycles. The summed E-state index contributed by atoms with van der Waals surface area (Å²) in [6.07, 6.45) is 5.99. The van der Waals surface area contributed by atoms with Gasteiger partial charge in [-0.25, -0.2) is 0 Å². The Hall–Kier alpha value is -2.60. The summed E-state index contributed by atoms with van der Waals surface area (Å²) in [4.78, 5) is 0. The van der Waals surface area contributed by atoms with E-state index in [9.17, 15) is 0 Å². The van der Waals surface area contributed by atoms with E-state index in [0.29, 0.717) is 5.92 Å². The van der Waals surface area contributed by atoms with Crippen LogP contribution in [0.25, 0.3) is 5.57 Å². The lowest BCUT2D eigenvalue weighted by atomic mass is 9.40. The van der Waals surface area contributed by atoms with Crippen molar-refractivity contribution in [2.75, 3.05) is 0 Å². The molecule has 214 valence electrons. The Bertz CT molecular complexity index is 1400. The average molecular weight is 535 g/mol. The first kappa shape index (κ1) is 30.4. The lowest BCUT2D eigenvalue weighted by Crippen LogP contribution is -2.54. The zero-order valence-electron chi connectivity index (χ0n) is 27.2. The number of hydrogen-bond donors (Lipinski definition) is 0. The Morgan fingerprint density at radius 2 is 1.62 bits per heavy atom. The molecule has 4 atom stereocenters. The van der Waals surface area contributed by atoms with Crippen LogP contribution >= 0.6 is 0 Å². The molecule has 0 amide bonds. The highest BCUT2D eigenvalue weighted by atomic mass is 14.6. The van der Waals surface area contributed by atoms with Crippen molar-refractivity contribution in [3.8, 4) is 0 Å². The molecule has 0 aromatic heterocycles. The Morgan fingerprint density at radius 1 is 1.00 bits per heavy atom. The SMILES string of the molecule is C=C(CC)CC(=C)Cc1cc(C(C)C)c2c(c1C)C(=C)C1=C(C)[C@@]3(C)C(=C)C(C(=C)C)C(=C)C[C@@]3(C)C[C@@]1(C)C2. The molecule has 1 aromatic rings. The standard InChI is InChI=1S/C40H54/c1-16-25(6)17-26(7)18-32-19-33(23(2)3)34-21-38(13)22-39(14)20-27(8)35(24(4)5)30(11)40(39,15)31(12)37(38)29(10)36(34)28(32)9/h19,23,35H,4,6-8,10-11,16-18,20-22H2,1-3,5,9,12-15H3/t35?,38-,39+,40-/m1/s1. The maximum Gasteiger partial charge on any atom is 0.0215 e. The lowest BCUT2D eigenvalue weighted by Gasteiger charge is -2.63. The first-order chi connectivity index (χ1) is 18.4. The van der Waals surface area contributed by atoms with Crippen molar-refractivity contribution >= 4 is 5.57 Å².